The molecule has 4 nitrogen and oxygen atoms in total. The molecule has 0 spiro atoms. The maximum Gasteiger partial charge on any atom is 0.131 e. The van der Waals surface area contributed by atoms with Gasteiger partial charge in [0.05, 0.1) is 24.4 Å². The van der Waals surface area contributed by atoms with Crippen molar-refractivity contribution in [1.29, 1.82) is 5.26 Å². The number of aryl methyl sites for hydroxylation is 1. The van der Waals surface area contributed by atoms with Crippen molar-refractivity contribution in [2.24, 2.45) is 0 Å². The van der Waals surface area contributed by atoms with E-state index in [1.54, 1.807) is 31.5 Å². The van der Waals surface area contributed by atoms with Gasteiger partial charge in [0, 0.05) is 17.3 Å². The summed E-state index contributed by atoms with van der Waals surface area (Å²) in [5.41, 5.74) is 3.38. The molecule has 2 rings (SSSR count). The highest BCUT2D eigenvalue weighted by atomic mass is 16.5. The molecule has 0 aliphatic heterocycles. The van der Waals surface area contributed by atoms with Crippen LogP contribution in [0.5, 0.6) is 11.5 Å². The molecule has 0 atom stereocenters. The lowest BCUT2D eigenvalue weighted by molar-refractivity contribution is 0.298. The van der Waals surface area contributed by atoms with E-state index in [0.29, 0.717) is 17.9 Å². The molecule has 0 saturated carbocycles. The Balaban J connectivity index is 2.17. The predicted molar refractivity (Wildman–Crippen MR) is 75.8 cm³/mol. The van der Waals surface area contributed by atoms with Crippen LogP contribution in [-0.4, -0.2) is 12.1 Å². The zero-order valence-electron chi connectivity index (χ0n) is 11.8. The number of hydrogen-bond acceptors (Lipinski definition) is 4. The molecule has 0 bridgehead atoms. The molecule has 1 aromatic heterocycles. The van der Waals surface area contributed by atoms with Crippen LogP contribution in [-0.2, 0) is 6.61 Å². The van der Waals surface area contributed by atoms with Crippen molar-refractivity contribution in [3.05, 3.63) is 52.8 Å². The highest BCUT2D eigenvalue weighted by Gasteiger charge is 2.10. The van der Waals surface area contributed by atoms with Gasteiger partial charge in [0.15, 0.2) is 0 Å². The monoisotopic (exact) mass is 268 g/mol. The van der Waals surface area contributed by atoms with Crippen molar-refractivity contribution in [3.63, 3.8) is 0 Å². The molecule has 4 heteroatoms. The standard InChI is InChI=1S/C16H16N2O2/c1-11-9-18-15(12(2)16(11)19-3)10-20-14-6-4-5-13(7-14)8-17/h4-7,9H,10H2,1-3H3. The van der Waals surface area contributed by atoms with Gasteiger partial charge in [0.1, 0.15) is 18.1 Å². The fraction of sp³-hybridized carbons (Fsp3) is 0.250. The second-order valence-corrected chi connectivity index (χ2v) is 4.47. The summed E-state index contributed by atoms with van der Waals surface area (Å²) >= 11 is 0. The van der Waals surface area contributed by atoms with Crippen LogP contribution in [0.4, 0.5) is 0 Å². The number of hydrogen-bond donors (Lipinski definition) is 0. The van der Waals surface area contributed by atoms with Crippen molar-refractivity contribution >= 4 is 0 Å². The maximum absolute atomic E-state index is 8.86. The second kappa shape index (κ2) is 6.07. The summed E-state index contributed by atoms with van der Waals surface area (Å²) < 4.78 is 11.1. The molecule has 20 heavy (non-hydrogen) atoms. The maximum atomic E-state index is 8.86. The van der Waals surface area contributed by atoms with E-state index in [-0.39, 0.29) is 0 Å². The summed E-state index contributed by atoms with van der Waals surface area (Å²) in [6.07, 6.45) is 1.77. The van der Waals surface area contributed by atoms with Crippen LogP contribution < -0.4 is 9.47 Å². The average Bonchev–Trinajstić information content (AvgIpc) is 2.47. The Bertz CT molecular complexity index is 660. The van der Waals surface area contributed by atoms with Crippen LogP contribution in [0.25, 0.3) is 0 Å². The van der Waals surface area contributed by atoms with Gasteiger partial charge < -0.3 is 9.47 Å². The topological polar surface area (TPSA) is 55.1 Å². The van der Waals surface area contributed by atoms with Gasteiger partial charge in [-0.3, -0.25) is 4.98 Å². The van der Waals surface area contributed by atoms with Crippen LogP contribution in [0.2, 0.25) is 0 Å². The zero-order chi connectivity index (χ0) is 14.5. The first-order chi connectivity index (χ1) is 9.65. The first-order valence-corrected chi connectivity index (χ1v) is 6.27. The molecule has 2 aromatic rings. The first-order valence-electron chi connectivity index (χ1n) is 6.27. The van der Waals surface area contributed by atoms with E-state index in [1.807, 2.05) is 19.9 Å². The summed E-state index contributed by atoms with van der Waals surface area (Å²) in [6, 6.07) is 9.15. The minimum atomic E-state index is 0.345. The van der Waals surface area contributed by atoms with Gasteiger partial charge in [0.25, 0.3) is 0 Å². The molecule has 0 N–H and O–H groups in total. The molecule has 1 aromatic carbocycles. The van der Waals surface area contributed by atoms with Crippen molar-refractivity contribution < 1.29 is 9.47 Å². The summed E-state index contributed by atoms with van der Waals surface area (Å²) in [7, 11) is 1.65. The lowest BCUT2D eigenvalue weighted by Crippen LogP contribution is -2.04. The summed E-state index contributed by atoms with van der Waals surface area (Å²) in [4.78, 5) is 4.37. The Hall–Kier alpha value is -2.54. The van der Waals surface area contributed by atoms with Gasteiger partial charge in [-0.25, -0.2) is 0 Å². The molecule has 0 fully saturated rings. The number of methoxy groups -OCH3 is 1. The summed E-state index contributed by atoms with van der Waals surface area (Å²) in [5, 5.41) is 8.86. The van der Waals surface area contributed by atoms with Gasteiger partial charge in [-0.05, 0) is 32.0 Å². The van der Waals surface area contributed by atoms with Crippen molar-refractivity contribution in [2.75, 3.05) is 7.11 Å². The smallest absolute Gasteiger partial charge is 0.131 e. The lowest BCUT2D eigenvalue weighted by atomic mass is 10.1. The van der Waals surface area contributed by atoms with E-state index < -0.39 is 0 Å². The molecule has 0 aliphatic carbocycles. The predicted octanol–water partition coefficient (Wildman–Crippen LogP) is 3.16. The minimum Gasteiger partial charge on any atom is -0.496 e. The molecule has 1 heterocycles. The molecule has 0 unspecified atom stereocenters. The Morgan fingerprint density at radius 1 is 1.30 bits per heavy atom. The van der Waals surface area contributed by atoms with Gasteiger partial charge in [-0.2, -0.15) is 5.26 Å². The first kappa shape index (κ1) is 13.9. The Morgan fingerprint density at radius 3 is 2.80 bits per heavy atom. The number of nitriles is 1. The molecule has 0 amide bonds. The van der Waals surface area contributed by atoms with Gasteiger partial charge in [-0.15, -0.1) is 0 Å². The summed E-state index contributed by atoms with van der Waals surface area (Å²) in [5.74, 6) is 1.49. The third-order valence-electron chi connectivity index (χ3n) is 3.09. The quantitative estimate of drug-likeness (QED) is 0.854. The van der Waals surface area contributed by atoms with Crippen LogP contribution in [0, 0.1) is 25.2 Å². The minimum absolute atomic E-state index is 0.345. The van der Waals surface area contributed by atoms with Crippen molar-refractivity contribution in [3.8, 4) is 17.6 Å². The third-order valence-corrected chi connectivity index (χ3v) is 3.09. The van der Waals surface area contributed by atoms with E-state index in [2.05, 4.69) is 11.1 Å². The van der Waals surface area contributed by atoms with Crippen LogP contribution >= 0.6 is 0 Å². The molecule has 102 valence electrons. The lowest BCUT2D eigenvalue weighted by Gasteiger charge is -2.13. The van der Waals surface area contributed by atoms with E-state index in [0.717, 1.165) is 22.6 Å². The van der Waals surface area contributed by atoms with E-state index >= 15 is 0 Å². The number of nitrogens with zero attached hydrogens (tertiary/aromatic N) is 2. The largest absolute Gasteiger partial charge is 0.496 e. The molecule has 0 radical (unpaired) electrons. The number of benzene rings is 1. The molecular formula is C16H16N2O2. The number of aromatic nitrogens is 1. The second-order valence-electron chi connectivity index (χ2n) is 4.47. The van der Waals surface area contributed by atoms with Gasteiger partial charge in [0.2, 0.25) is 0 Å². The van der Waals surface area contributed by atoms with E-state index in [9.17, 15) is 0 Å². The normalized spacial score (nSPS) is 9.90. The zero-order valence-corrected chi connectivity index (χ0v) is 11.8. The Labute approximate surface area is 118 Å². The fourth-order valence-corrected chi connectivity index (χ4v) is 2.02. The highest BCUT2D eigenvalue weighted by molar-refractivity contribution is 5.41. The van der Waals surface area contributed by atoms with Gasteiger partial charge in [-0.1, -0.05) is 6.07 Å². The number of pyridine rings is 1. The van der Waals surface area contributed by atoms with Crippen LogP contribution in [0.15, 0.2) is 30.5 Å². The fourth-order valence-electron chi connectivity index (χ4n) is 2.02. The van der Waals surface area contributed by atoms with Crippen LogP contribution in [0.1, 0.15) is 22.4 Å². The number of rotatable bonds is 4. The summed E-state index contributed by atoms with van der Waals surface area (Å²) in [6.45, 7) is 4.26. The van der Waals surface area contributed by atoms with Crippen molar-refractivity contribution in [2.45, 2.75) is 20.5 Å². The number of ether oxygens (including phenoxy) is 2. The average molecular weight is 268 g/mol. The third kappa shape index (κ3) is 2.89. The van der Waals surface area contributed by atoms with Crippen molar-refractivity contribution in [1.82, 2.24) is 4.98 Å². The molecule has 0 aliphatic rings. The SMILES string of the molecule is COc1c(C)cnc(COc2cccc(C#N)c2)c1C. The Morgan fingerprint density at radius 2 is 2.10 bits per heavy atom. The Kier molecular flexibility index (Phi) is 4.21. The van der Waals surface area contributed by atoms with Gasteiger partial charge >= 0.3 is 0 Å². The molecular weight excluding hydrogens is 252 g/mol. The van der Waals surface area contributed by atoms with Crippen LogP contribution in [0.3, 0.4) is 0 Å². The molecule has 0 saturated heterocycles. The highest BCUT2D eigenvalue weighted by Crippen LogP contribution is 2.25. The van der Waals surface area contributed by atoms with E-state index in [1.165, 1.54) is 0 Å². The van der Waals surface area contributed by atoms with E-state index in [4.69, 9.17) is 14.7 Å².